The predicted molar refractivity (Wildman–Crippen MR) is 131 cm³/mol. The quantitative estimate of drug-likeness (QED) is 0.445. The highest BCUT2D eigenvalue weighted by atomic mass is 16.5. The molecule has 7 heteroatoms. The Labute approximate surface area is 200 Å². The number of carboxylic acids is 1. The van der Waals surface area contributed by atoms with Crippen LogP contribution in [0.4, 0.5) is 4.79 Å². The maximum atomic E-state index is 12.9. The van der Waals surface area contributed by atoms with Gasteiger partial charge in [0.1, 0.15) is 12.6 Å². The Hall–Kier alpha value is -3.35. The van der Waals surface area contributed by atoms with Crippen molar-refractivity contribution in [3.63, 3.8) is 0 Å². The van der Waals surface area contributed by atoms with E-state index in [1.165, 1.54) is 0 Å². The monoisotopic (exact) mass is 466 g/mol. The summed E-state index contributed by atoms with van der Waals surface area (Å²) in [4.78, 5) is 36.5. The third kappa shape index (κ3) is 6.37. The van der Waals surface area contributed by atoms with Crippen molar-refractivity contribution >= 4 is 18.0 Å². The van der Waals surface area contributed by atoms with E-state index in [0.717, 1.165) is 22.3 Å². The van der Waals surface area contributed by atoms with Crippen molar-refractivity contribution in [3.8, 4) is 11.1 Å². The fourth-order valence-corrected chi connectivity index (χ4v) is 4.46. The van der Waals surface area contributed by atoms with Gasteiger partial charge < -0.3 is 20.5 Å². The number of nitrogens with one attached hydrogen (secondary N) is 2. The van der Waals surface area contributed by atoms with Crippen LogP contribution in [-0.4, -0.2) is 41.8 Å². The average molecular weight is 467 g/mol. The molecule has 34 heavy (non-hydrogen) atoms. The minimum absolute atomic E-state index is 0.0204. The van der Waals surface area contributed by atoms with Gasteiger partial charge in [0.05, 0.1) is 0 Å². The van der Waals surface area contributed by atoms with Crippen molar-refractivity contribution in [1.82, 2.24) is 10.6 Å². The molecule has 1 unspecified atom stereocenters. The van der Waals surface area contributed by atoms with Crippen LogP contribution in [0, 0.1) is 5.92 Å². The van der Waals surface area contributed by atoms with Gasteiger partial charge in [0.2, 0.25) is 5.91 Å². The first-order valence-electron chi connectivity index (χ1n) is 11.9. The summed E-state index contributed by atoms with van der Waals surface area (Å²) >= 11 is 0. The number of carbonyl (C=O) groups is 3. The summed E-state index contributed by atoms with van der Waals surface area (Å²) in [6.07, 6.45) is 0.745. The van der Waals surface area contributed by atoms with Gasteiger partial charge in [0.25, 0.3) is 0 Å². The van der Waals surface area contributed by atoms with Crippen molar-refractivity contribution in [2.75, 3.05) is 6.61 Å². The minimum atomic E-state index is -0.900. The summed E-state index contributed by atoms with van der Waals surface area (Å²) in [5.41, 5.74) is 4.54. The van der Waals surface area contributed by atoms with E-state index in [-0.39, 0.29) is 36.8 Å². The fourth-order valence-electron chi connectivity index (χ4n) is 4.46. The van der Waals surface area contributed by atoms with Crippen molar-refractivity contribution in [2.45, 2.75) is 64.5 Å². The maximum Gasteiger partial charge on any atom is 0.407 e. The second kappa shape index (κ2) is 11.7. The molecule has 1 aliphatic rings. The molecule has 2 atom stereocenters. The standard InChI is InChI=1S/C27H34N2O5/c1-4-18(13-14-25(30)31)28-26(32)24(15-17(2)3)29-27(33)34-16-23-21-11-7-5-9-19(21)20-10-6-8-12-22(20)23/h5-12,17-18,23-24H,4,13-16H2,1-3H3,(H,28,32)(H,29,33)(H,30,31)/t18?,24-/m1/s1. The summed E-state index contributed by atoms with van der Waals surface area (Å²) in [5, 5.41) is 14.5. The molecule has 2 aromatic carbocycles. The van der Waals surface area contributed by atoms with Crippen LogP contribution < -0.4 is 10.6 Å². The minimum Gasteiger partial charge on any atom is -0.481 e. The summed E-state index contributed by atoms with van der Waals surface area (Å²) in [6, 6.07) is 15.2. The third-order valence-electron chi connectivity index (χ3n) is 6.21. The molecular weight excluding hydrogens is 432 g/mol. The lowest BCUT2D eigenvalue weighted by molar-refractivity contribution is -0.137. The predicted octanol–water partition coefficient (Wildman–Crippen LogP) is 4.70. The fraction of sp³-hybridized carbons (Fsp3) is 0.444. The molecule has 2 aromatic rings. The Balaban J connectivity index is 1.63. The number of rotatable bonds is 11. The first-order valence-corrected chi connectivity index (χ1v) is 11.9. The molecule has 7 nitrogen and oxygen atoms in total. The molecule has 3 N–H and O–H groups in total. The van der Waals surface area contributed by atoms with Crippen LogP contribution in [0.2, 0.25) is 0 Å². The van der Waals surface area contributed by atoms with Crippen LogP contribution in [0.15, 0.2) is 48.5 Å². The topological polar surface area (TPSA) is 105 Å². The molecule has 3 rings (SSSR count). The lowest BCUT2D eigenvalue weighted by Gasteiger charge is -2.24. The molecule has 0 radical (unpaired) electrons. The third-order valence-corrected chi connectivity index (χ3v) is 6.21. The zero-order valence-electron chi connectivity index (χ0n) is 20.0. The Morgan fingerprint density at radius 2 is 1.56 bits per heavy atom. The SMILES string of the molecule is CCC(CCC(=O)O)NC(=O)[C@@H](CC(C)C)NC(=O)OCC1c2ccccc2-c2ccccc21. The smallest absolute Gasteiger partial charge is 0.407 e. The average Bonchev–Trinajstić information content (AvgIpc) is 3.13. The number of carbonyl (C=O) groups excluding carboxylic acids is 2. The molecule has 0 saturated heterocycles. The summed E-state index contributed by atoms with van der Waals surface area (Å²) in [6.45, 7) is 6.01. The number of carboxylic acid groups (broad SMARTS) is 1. The highest BCUT2D eigenvalue weighted by Crippen LogP contribution is 2.44. The number of amides is 2. The van der Waals surface area contributed by atoms with Gasteiger partial charge >= 0.3 is 12.1 Å². The number of benzene rings is 2. The van der Waals surface area contributed by atoms with Gasteiger partial charge in [-0.1, -0.05) is 69.3 Å². The zero-order chi connectivity index (χ0) is 24.7. The molecule has 1 aliphatic carbocycles. The first-order chi connectivity index (χ1) is 16.3. The maximum absolute atomic E-state index is 12.9. The lowest BCUT2D eigenvalue weighted by Crippen LogP contribution is -2.50. The Kier molecular flexibility index (Phi) is 8.68. The van der Waals surface area contributed by atoms with E-state index in [1.807, 2.05) is 45.0 Å². The molecule has 0 aliphatic heterocycles. The second-order valence-corrected chi connectivity index (χ2v) is 9.20. The van der Waals surface area contributed by atoms with E-state index in [2.05, 4.69) is 34.9 Å². The number of hydrogen-bond acceptors (Lipinski definition) is 4. The Morgan fingerprint density at radius 3 is 2.09 bits per heavy atom. The zero-order valence-corrected chi connectivity index (χ0v) is 20.0. The molecule has 182 valence electrons. The lowest BCUT2D eigenvalue weighted by atomic mass is 9.98. The number of alkyl carbamates (subject to hydrolysis) is 1. The van der Waals surface area contributed by atoms with Gasteiger partial charge in [-0.25, -0.2) is 4.79 Å². The van der Waals surface area contributed by atoms with Gasteiger partial charge in [-0.15, -0.1) is 0 Å². The van der Waals surface area contributed by atoms with Crippen molar-refractivity contribution in [3.05, 3.63) is 59.7 Å². The van der Waals surface area contributed by atoms with E-state index in [0.29, 0.717) is 19.3 Å². The largest absolute Gasteiger partial charge is 0.481 e. The summed E-state index contributed by atoms with van der Waals surface area (Å²) < 4.78 is 5.60. The molecule has 0 bridgehead atoms. The Morgan fingerprint density at radius 1 is 0.971 bits per heavy atom. The highest BCUT2D eigenvalue weighted by Gasteiger charge is 2.30. The molecule has 0 aromatic heterocycles. The molecule has 0 fully saturated rings. The molecule has 0 spiro atoms. The molecule has 2 amide bonds. The van der Waals surface area contributed by atoms with Gasteiger partial charge in [-0.05, 0) is 47.4 Å². The van der Waals surface area contributed by atoms with Crippen LogP contribution in [0.1, 0.15) is 63.5 Å². The van der Waals surface area contributed by atoms with Crippen LogP contribution in [0.25, 0.3) is 11.1 Å². The molecule has 0 heterocycles. The molecule has 0 saturated carbocycles. The first kappa shape index (κ1) is 25.3. The normalized spacial score (nSPS) is 14.1. The van der Waals surface area contributed by atoms with Gasteiger partial charge in [0, 0.05) is 18.4 Å². The van der Waals surface area contributed by atoms with E-state index in [9.17, 15) is 14.4 Å². The number of hydrogen-bond donors (Lipinski definition) is 3. The van der Waals surface area contributed by atoms with Crippen molar-refractivity contribution < 1.29 is 24.2 Å². The van der Waals surface area contributed by atoms with Crippen molar-refractivity contribution in [2.24, 2.45) is 5.92 Å². The van der Waals surface area contributed by atoms with Gasteiger partial charge in [-0.2, -0.15) is 0 Å². The summed E-state index contributed by atoms with van der Waals surface area (Å²) in [7, 11) is 0. The highest BCUT2D eigenvalue weighted by molar-refractivity contribution is 5.86. The van der Waals surface area contributed by atoms with Gasteiger partial charge in [-0.3, -0.25) is 9.59 Å². The number of ether oxygens (including phenoxy) is 1. The van der Waals surface area contributed by atoms with Gasteiger partial charge in [0.15, 0.2) is 0 Å². The van der Waals surface area contributed by atoms with E-state index in [4.69, 9.17) is 9.84 Å². The van der Waals surface area contributed by atoms with Crippen molar-refractivity contribution in [1.29, 1.82) is 0 Å². The molecular formula is C27H34N2O5. The van der Waals surface area contributed by atoms with Crippen LogP contribution in [0.3, 0.4) is 0 Å². The Bertz CT molecular complexity index is 974. The van der Waals surface area contributed by atoms with Crippen LogP contribution in [-0.2, 0) is 14.3 Å². The second-order valence-electron chi connectivity index (χ2n) is 9.20. The number of aliphatic carboxylic acids is 1. The van der Waals surface area contributed by atoms with Crippen LogP contribution >= 0.6 is 0 Å². The van der Waals surface area contributed by atoms with Crippen LogP contribution in [0.5, 0.6) is 0 Å². The van der Waals surface area contributed by atoms with E-state index < -0.39 is 18.1 Å². The van der Waals surface area contributed by atoms with E-state index in [1.54, 1.807) is 0 Å². The number of fused-ring (bicyclic) bond motifs is 3. The summed E-state index contributed by atoms with van der Waals surface area (Å²) in [5.74, 6) is -1.11. The van der Waals surface area contributed by atoms with E-state index >= 15 is 0 Å².